The lowest BCUT2D eigenvalue weighted by Crippen LogP contribution is -2.20. The molecule has 5 nitrogen and oxygen atoms in total. The first-order chi connectivity index (χ1) is 12.1. The van der Waals surface area contributed by atoms with Crippen molar-refractivity contribution in [2.24, 2.45) is 0 Å². The maximum absolute atomic E-state index is 12.6. The molecule has 1 atom stereocenters. The number of benzene rings is 2. The minimum Gasteiger partial charge on any atom is -0.482 e. The third-order valence-corrected chi connectivity index (χ3v) is 3.69. The standard InChI is InChI=1S/C20H23NO4/c1-3-18(15-9-6-5-7-10-15)20(23)21-16-11-8-12-17(13-16)25-14-19(22)24-4-2/h5-13,18H,3-4,14H2,1-2H3,(H,21,23). The first kappa shape index (κ1) is 18.5. The second-order valence-corrected chi connectivity index (χ2v) is 5.48. The van der Waals surface area contributed by atoms with Gasteiger partial charge in [-0.25, -0.2) is 4.79 Å². The fraction of sp³-hybridized carbons (Fsp3) is 0.300. The number of anilines is 1. The first-order valence-electron chi connectivity index (χ1n) is 8.38. The van der Waals surface area contributed by atoms with Crippen molar-refractivity contribution in [2.45, 2.75) is 26.2 Å². The number of hydrogen-bond acceptors (Lipinski definition) is 4. The lowest BCUT2D eigenvalue weighted by Gasteiger charge is -2.16. The van der Waals surface area contributed by atoms with Crippen molar-refractivity contribution in [3.05, 3.63) is 60.2 Å². The molecule has 0 spiro atoms. The van der Waals surface area contributed by atoms with Crippen molar-refractivity contribution >= 4 is 17.6 Å². The Morgan fingerprint density at radius 1 is 1.04 bits per heavy atom. The number of nitrogens with one attached hydrogen (secondary N) is 1. The number of esters is 1. The van der Waals surface area contributed by atoms with E-state index in [-0.39, 0.29) is 18.4 Å². The van der Waals surface area contributed by atoms with Crippen LogP contribution in [0.15, 0.2) is 54.6 Å². The Kier molecular flexibility index (Phi) is 7.01. The van der Waals surface area contributed by atoms with Crippen LogP contribution in [0.5, 0.6) is 5.75 Å². The van der Waals surface area contributed by atoms with Crippen LogP contribution in [0.2, 0.25) is 0 Å². The number of ether oxygens (including phenoxy) is 2. The van der Waals surface area contributed by atoms with Crippen LogP contribution in [0, 0.1) is 0 Å². The van der Waals surface area contributed by atoms with Crippen LogP contribution < -0.4 is 10.1 Å². The summed E-state index contributed by atoms with van der Waals surface area (Å²) in [5.74, 6) is -0.216. The Morgan fingerprint density at radius 2 is 1.80 bits per heavy atom. The average Bonchev–Trinajstić information content (AvgIpc) is 2.62. The van der Waals surface area contributed by atoms with Gasteiger partial charge in [0.25, 0.3) is 0 Å². The van der Waals surface area contributed by atoms with E-state index >= 15 is 0 Å². The molecule has 0 aliphatic rings. The van der Waals surface area contributed by atoms with Crippen LogP contribution >= 0.6 is 0 Å². The topological polar surface area (TPSA) is 64.6 Å². The number of rotatable bonds is 8. The highest BCUT2D eigenvalue weighted by Gasteiger charge is 2.18. The van der Waals surface area contributed by atoms with Gasteiger partial charge in [-0.15, -0.1) is 0 Å². The van der Waals surface area contributed by atoms with Gasteiger partial charge in [0, 0.05) is 11.8 Å². The smallest absolute Gasteiger partial charge is 0.344 e. The van der Waals surface area contributed by atoms with E-state index < -0.39 is 5.97 Å². The van der Waals surface area contributed by atoms with E-state index in [1.807, 2.05) is 37.3 Å². The molecule has 0 saturated carbocycles. The van der Waals surface area contributed by atoms with E-state index in [2.05, 4.69) is 5.32 Å². The number of amides is 1. The van der Waals surface area contributed by atoms with Gasteiger partial charge in [0.05, 0.1) is 12.5 Å². The normalized spacial score (nSPS) is 11.4. The van der Waals surface area contributed by atoms with E-state index in [0.29, 0.717) is 24.5 Å². The van der Waals surface area contributed by atoms with E-state index in [0.717, 1.165) is 5.56 Å². The van der Waals surface area contributed by atoms with Crippen LogP contribution in [0.4, 0.5) is 5.69 Å². The minimum atomic E-state index is -0.424. The molecular weight excluding hydrogens is 318 g/mol. The summed E-state index contributed by atoms with van der Waals surface area (Å²) in [7, 11) is 0. The van der Waals surface area contributed by atoms with Crippen molar-refractivity contribution in [2.75, 3.05) is 18.5 Å². The van der Waals surface area contributed by atoms with E-state index in [4.69, 9.17) is 9.47 Å². The summed E-state index contributed by atoms with van der Waals surface area (Å²) in [5.41, 5.74) is 1.61. The van der Waals surface area contributed by atoms with Gasteiger partial charge in [-0.2, -0.15) is 0 Å². The molecule has 0 bridgehead atoms. The monoisotopic (exact) mass is 341 g/mol. The maximum atomic E-state index is 12.6. The van der Waals surface area contributed by atoms with E-state index in [9.17, 15) is 9.59 Å². The zero-order valence-corrected chi connectivity index (χ0v) is 14.5. The summed E-state index contributed by atoms with van der Waals surface area (Å²) in [6.45, 7) is 3.88. The molecule has 0 saturated heterocycles. The quantitative estimate of drug-likeness (QED) is 0.743. The van der Waals surface area contributed by atoms with Crippen LogP contribution in [-0.4, -0.2) is 25.1 Å². The zero-order chi connectivity index (χ0) is 18.1. The Hall–Kier alpha value is -2.82. The predicted molar refractivity (Wildman–Crippen MR) is 96.7 cm³/mol. The Balaban J connectivity index is 2.00. The molecule has 5 heteroatoms. The largest absolute Gasteiger partial charge is 0.482 e. The molecule has 0 radical (unpaired) electrons. The average molecular weight is 341 g/mol. The van der Waals surface area contributed by atoms with Gasteiger partial charge in [-0.1, -0.05) is 43.3 Å². The fourth-order valence-corrected chi connectivity index (χ4v) is 2.50. The van der Waals surface area contributed by atoms with Crippen LogP contribution in [-0.2, 0) is 14.3 Å². The number of carbonyl (C=O) groups excluding carboxylic acids is 2. The molecule has 1 N–H and O–H groups in total. The molecule has 2 aromatic carbocycles. The molecule has 0 heterocycles. The first-order valence-corrected chi connectivity index (χ1v) is 8.38. The molecule has 0 aliphatic carbocycles. The van der Waals surface area contributed by atoms with Gasteiger partial charge >= 0.3 is 5.97 Å². The van der Waals surface area contributed by atoms with Crippen molar-refractivity contribution in [1.82, 2.24) is 0 Å². The van der Waals surface area contributed by atoms with Gasteiger partial charge in [-0.05, 0) is 31.0 Å². The second kappa shape index (κ2) is 9.47. The Morgan fingerprint density at radius 3 is 2.48 bits per heavy atom. The SMILES string of the molecule is CCOC(=O)COc1cccc(NC(=O)C(CC)c2ccccc2)c1. The van der Waals surface area contributed by atoms with Gasteiger partial charge in [0.15, 0.2) is 6.61 Å². The third kappa shape index (κ3) is 5.64. The van der Waals surface area contributed by atoms with Crippen molar-refractivity contribution in [3.8, 4) is 5.75 Å². The number of hydrogen-bond donors (Lipinski definition) is 1. The predicted octanol–water partition coefficient (Wildman–Crippen LogP) is 3.76. The third-order valence-electron chi connectivity index (χ3n) is 3.69. The molecular formula is C20H23NO4. The van der Waals surface area contributed by atoms with Crippen LogP contribution in [0.3, 0.4) is 0 Å². The van der Waals surface area contributed by atoms with Crippen LogP contribution in [0.25, 0.3) is 0 Å². The van der Waals surface area contributed by atoms with Gasteiger partial charge in [0.2, 0.25) is 5.91 Å². The minimum absolute atomic E-state index is 0.0729. The van der Waals surface area contributed by atoms with Gasteiger partial charge in [0.1, 0.15) is 5.75 Å². The summed E-state index contributed by atoms with van der Waals surface area (Å²) in [6, 6.07) is 16.6. The molecule has 2 aromatic rings. The summed E-state index contributed by atoms with van der Waals surface area (Å²) in [5, 5.41) is 2.91. The van der Waals surface area contributed by atoms with Crippen molar-refractivity contribution in [1.29, 1.82) is 0 Å². The molecule has 2 rings (SSSR count). The van der Waals surface area contributed by atoms with Crippen molar-refractivity contribution in [3.63, 3.8) is 0 Å². The molecule has 1 amide bonds. The van der Waals surface area contributed by atoms with Gasteiger partial charge in [-0.3, -0.25) is 4.79 Å². The summed E-state index contributed by atoms with van der Waals surface area (Å²) < 4.78 is 10.2. The van der Waals surface area contributed by atoms with Gasteiger partial charge < -0.3 is 14.8 Å². The summed E-state index contributed by atoms with van der Waals surface area (Å²) >= 11 is 0. The lowest BCUT2D eigenvalue weighted by molar-refractivity contribution is -0.145. The molecule has 0 aliphatic heterocycles. The Labute approximate surface area is 148 Å². The summed E-state index contributed by atoms with van der Waals surface area (Å²) in [4.78, 5) is 23.9. The Bertz CT molecular complexity index is 700. The van der Waals surface area contributed by atoms with E-state index in [1.54, 1.807) is 31.2 Å². The van der Waals surface area contributed by atoms with E-state index in [1.165, 1.54) is 0 Å². The highest BCUT2D eigenvalue weighted by molar-refractivity contribution is 5.96. The molecule has 1 unspecified atom stereocenters. The summed E-state index contributed by atoms with van der Waals surface area (Å²) in [6.07, 6.45) is 0.703. The molecule has 25 heavy (non-hydrogen) atoms. The zero-order valence-electron chi connectivity index (χ0n) is 14.5. The lowest BCUT2D eigenvalue weighted by atomic mass is 9.95. The van der Waals surface area contributed by atoms with Crippen LogP contribution in [0.1, 0.15) is 31.7 Å². The molecule has 132 valence electrons. The highest BCUT2D eigenvalue weighted by atomic mass is 16.6. The second-order valence-electron chi connectivity index (χ2n) is 5.48. The fourth-order valence-electron chi connectivity index (χ4n) is 2.50. The molecule has 0 fully saturated rings. The highest BCUT2D eigenvalue weighted by Crippen LogP contribution is 2.23. The number of carbonyl (C=O) groups is 2. The maximum Gasteiger partial charge on any atom is 0.344 e. The molecule has 0 aromatic heterocycles. The van der Waals surface area contributed by atoms with Crippen molar-refractivity contribution < 1.29 is 19.1 Å².